The van der Waals surface area contributed by atoms with E-state index in [1.54, 1.807) is 42.5 Å². The van der Waals surface area contributed by atoms with Gasteiger partial charge in [0.25, 0.3) is 11.1 Å². The summed E-state index contributed by atoms with van der Waals surface area (Å²) in [5.74, 6) is 0.335. The lowest BCUT2D eigenvalue weighted by atomic mass is 10.2. The Hall–Kier alpha value is -2.21. The minimum atomic E-state index is -0.368. The average Bonchev–Trinajstić information content (AvgIpc) is 2.91. The highest BCUT2D eigenvalue weighted by atomic mass is 35.5. The number of hydrogen-bond acceptors (Lipinski definition) is 4. The first-order chi connectivity index (χ1) is 13.0. The fourth-order valence-electron chi connectivity index (χ4n) is 2.44. The van der Waals surface area contributed by atoms with Crippen molar-refractivity contribution >= 4 is 52.2 Å². The standard InChI is InChI=1S/C20H15Cl2NO3S/c1-2-10-26-14-8-6-13(7-9-14)11-18-19(24)23(20(25)27-18)12-15-16(21)4-3-5-17(15)22/h2-9,11H,1,10,12H2. The number of benzene rings is 2. The largest absolute Gasteiger partial charge is 0.490 e. The maximum atomic E-state index is 12.6. The normalized spacial score (nSPS) is 15.5. The van der Waals surface area contributed by atoms with Gasteiger partial charge in [-0.15, -0.1) is 0 Å². The maximum absolute atomic E-state index is 12.6. The van der Waals surface area contributed by atoms with Crippen LogP contribution in [-0.4, -0.2) is 22.7 Å². The highest BCUT2D eigenvalue weighted by Gasteiger charge is 2.35. The Balaban J connectivity index is 1.77. The topological polar surface area (TPSA) is 46.6 Å². The smallest absolute Gasteiger partial charge is 0.293 e. The molecule has 1 aliphatic heterocycles. The van der Waals surface area contributed by atoms with Crippen molar-refractivity contribution in [3.8, 4) is 5.75 Å². The van der Waals surface area contributed by atoms with E-state index in [1.807, 2.05) is 12.1 Å². The van der Waals surface area contributed by atoms with E-state index >= 15 is 0 Å². The van der Waals surface area contributed by atoms with Gasteiger partial charge in [0.05, 0.1) is 11.4 Å². The molecule has 2 amide bonds. The number of amides is 2. The Kier molecular flexibility index (Phi) is 6.26. The second kappa shape index (κ2) is 8.65. The summed E-state index contributed by atoms with van der Waals surface area (Å²) in [6, 6.07) is 12.3. The molecule has 138 valence electrons. The number of ether oxygens (including phenoxy) is 1. The highest BCUT2D eigenvalue weighted by Crippen LogP contribution is 2.35. The molecule has 0 aliphatic carbocycles. The first-order valence-corrected chi connectivity index (χ1v) is 9.59. The van der Waals surface area contributed by atoms with Gasteiger partial charge in [0.2, 0.25) is 0 Å². The van der Waals surface area contributed by atoms with Crippen LogP contribution in [0.1, 0.15) is 11.1 Å². The molecular formula is C20H15Cl2NO3S. The van der Waals surface area contributed by atoms with Crippen LogP contribution in [0.25, 0.3) is 6.08 Å². The molecule has 0 spiro atoms. The Labute approximate surface area is 171 Å². The zero-order chi connectivity index (χ0) is 19.4. The van der Waals surface area contributed by atoms with Crippen LogP contribution in [-0.2, 0) is 11.3 Å². The van der Waals surface area contributed by atoms with Gasteiger partial charge in [-0.25, -0.2) is 0 Å². The van der Waals surface area contributed by atoms with Crippen molar-refractivity contribution in [1.29, 1.82) is 0 Å². The number of rotatable bonds is 6. The lowest BCUT2D eigenvalue weighted by Gasteiger charge is -2.14. The molecule has 0 bridgehead atoms. The van der Waals surface area contributed by atoms with Crippen LogP contribution in [0.3, 0.4) is 0 Å². The van der Waals surface area contributed by atoms with Gasteiger partial charge in [0.15, 0.2) is 0 Å². The van der Waals surface area contributed by atoms with Gasteiger partial charge in [-0.2, -0.15) is 0 Å². The van der Waals surface area contributed by atoms with Crippen LogP contribution in [0.4, 0.5) is 4.79 Å². The average molecular weight is 420 g/mol. The minimum Gasteiger partial charge on any atom is -0.490 e. The fourth-order valence-corrected chi connectivity index (χ4v) is 3.80. The molecule has 7 heteroatoms. The molecule has 1 heterocycles. The molecule has 1 saturated heterocycles. The Morgan fingerprint density at radius 2 is 1.74 bits per heavy atom. The maximum Gasteiger partial charge on any atom is 0.293 e. The van der Waals surface area contributed by atoms with Gasteiger partial charge in [-0.05, 0) is 47.7 Å². The molecular weight excluding hydrogens is 405 g/mol. The zero-order valence-electron chi connectivity index (χ0n) is 14.2. The van der Waals surface area contributed by atoms with Crippen LogP contribution in [0.15, 0.2) is 60.0 Å². The number of carbonyl (C=O) groups excluding carboxylic acids is 2. The number of halogens is 2. The van der Waals surface area contributed by atoms with Crippen molar-refractivity contribution in [3.05, 3.63) is 81.2 Å². The molecule has 4 nitrogen and oxygen atoms in total. The molecule has 0 atom stereocenters. The number of thioether (sulfide) groups is 1. The van der Waals surface area contributed by atoms with Crippen LogP contribution < -0.4 is 4.74 Å². The predicted molar refractivity (Wildman–Crippen MR) is 110 cm³/mol. The van der Waals surface area contributed by atoms with Crippen molar-refractivity contribution in [2.45, 2.75) is 6.54 Å². The number of imide groups is 1. The van der Waals surface area contributed by atoms with Crippen LogP contribution in [0.5, 0.6) is 5.75 Å². The van der Waals surface area contributed by atoms with Crippen LogP contribution >= 0.6 is 35.0 Å². The molecule has 27 heavy (non-hydrogen) atoms. The summed E-state index contributed by atoms with van der Waals surface area (Å²) in [4.78, 5) is 26.4. The van der Waals surface area contributed by atoms with E-state index in [-0.39, 0.29) is 17.7 Å². The van der Waals surface area contributed by atoms with Crippen molar-refractivity contribution < 1.29 is 14.3 Å². The van der Waals surface area contributed by atoms with E-state index in [2.05, 4.69) is 6.58 Å². The number of carbonyl (C=O) groups is 2. The molecule has 1 fully saturated rings. The van der Waals surface area contributed by atoms with Gasteiger partial charge >= 0.3 is 0 Å². The lowest BCUT2D eigenvalue weighted by molar-refractivity contribution is -0.123. The molecule has 2 aromatic rings. The summed E-state index contributed by atoms with van der Waals surface area (Å²) < 4.78 is 5.43. The van der Waals surface area contributed by atoms with E-state index in [1.165, 1.54) is 0 Å². The summed E-state index contributed by atoms with van der Waals surface area (Å²) in [5, 5.41) is 0.481. The Morgan fingerprint density at radius 1 is 1.07 bits per heavy atom. The van der Waals surface area contributed by atoms with E-state index in [4.69, 9.17) is 27.9 Å². The second-order valence-electron chi connectivity index (χ2n) is 5.64. The van der Waals surface area contributed by atoms with Crippen molar-refractivity contribution in [2.75, 3.05) is 6.61 Å². The molecule has 0 unspecified atom stereocenters. The fraction of sp³-hybridized carbons (Fsp3) is 0.100. The van der Waals surface area contributed by atoms with E-state index in [9.17, 15) is 9.59 Å². The van der Waals surface area contributed by atoms with Gasteiger partial charge in [-0.1, -0.05) is 54.1 Å². The van der Waals surface area contributed by atoms with Crippen molar-refractivity contribution in [1.82, 2.24) is 4.90 Å². The monoisotopic (exact) mass is 419 g/mol. The molecule has 1 aliphatic rings. The quantitative estimate of drug-likeness (QED) is 0.438. The number of hydrogen-bond donors (Lipinski definition) is 0. The van der Waals surface area contributed by atoms with E-state index in [0.29, 0.717) is 32.9 Å². The molecule has 0 radical (unpaired) electrons. The Bertz CT molecular complexity index is 905. The third-order valence-electron chi connectivity index (χ3n) is 3.80. The van der Waals surface area contributed by atoms with E-state index < -0.39 is 0 Å². The van der Waals surface area contributed by atoms with Crippen LogP contribution in [0.2, 0.25) is 10.0 Å². The van der Waals surface area contributed by atoms with Gasteiger partial charge in [-0.3, -0.25) is 14.5 Å². The zero-order valence-corrected chi connectivity index (χ0v) is 16.5. The Morgan fingerprint density at radius 3 is 2.37 bits per heavy atom. The molecule has 3 rings (SSSR count). The number of nitrogens with zero attached hydrogens (tertiary/aromatic N) is 1. The van der Waals surface area contributed by atoms with Crippen molar-refractivity contribution in [2.24, 2.45) is 0 Å². The first-order valence-electron chi connectivity index (χ1n) is 8.01. The van der Waals surface area contributed by atoms with Gasteiger partial charge in [0, 0.05) is 15.6 Å². The minimum absolute atomic E-state index is 0.0366. The van der Waals surface area contributed by atoms with E-state index in [0.717, 1.165) is 22.2 Å². The van der Waals surface area contributed by atoms with Gasteiger partial charge in [0.1, 0.15) is 12.4 Å². The molecule has 0 N–H and O–H groups in total. The predicted octanol–water partition coefficient (Wildman–Crippen LogP) is 5.79. The summed E-state index contributed by atoms with van der Waals surface area (Å²) >= 11 is 13.2. The first kappa shape index (κ1) is 19.5. The SMILES string of the molecule is C=CCOc1ccc(C=C2SC(=O)N(Cc3c(Cl)cccc3Cl)C2=O)cc1. The second-order valence-corrected chi connectivity index (χ2v) is 7.44. The third kappa shape index (κ3) is 4.56. The molecule has 0 aromatic heterocycles. The highest BCUT2D eigenvalue weighted by molar-refractivity contribution is 8.18. The third-order valence-corrected chi connectivity index (χ3v) is 5.41. The van der Waals surface area contributed by atoms with Gasteiger partial charge < -0.3 is 4.74 Å². The molecule has 2 aromatic carbocycles. The lowest BCUT2D eigenvalue weighted by Crippen LogP contribution is -2.27. The van der Waals surface area contributed by atoms with Crippen molar-refractivity contribution in [3.63, 3.8) is 0 Å². The summed E-state index contributed by atoms with van der Waals surface area (Å²) in [6.45, 7) is 4.05. The molecule has 0 saturated carbocycles. The summed E-state index contributed by atoms with van der Waals surface area (Å²) in [5.41, 5.74) is 1.34. The summed E-state index contributed by atoms with van der Waals surface area (Å²) in [6.07, 6.45) is 3.34. The van der Waals surface area contributed by atoms with Crippen LogP contribution in [0, 0.1) is 0 Å². The summed E-state index contributed by atoms with van der Waals surface area (Å²) in [7, 11) is 0.